The summed E-state index contributed by atoms with van der Waals surface area (Å²) in [6.45, 7) is 8.06. The average molecular weight is 337 g/mol. The van der Waals surface area contributed by atoms with Gasteiger partial charge in [-0.15, -0.1) is 0 Å². The van der Waals surface area contributed by atoms with Crippen molar-refractivity contribution < 1.29 is 0 Å². The Kier molecular flexibility index (Phi) is 7.27. The molecule has 0 aliphatic heterocycles. The molecule has 0 saturated carbocycles. The molecule has 0 aliphatic rings. The topological polar surface area (TPSA) is 29.9 Å². The Balaban J connectivity index is 2.73. The zero-order chi connectivity index (χ0) is 13.5. The molecule has 1 heterocycles. The highest BCUT2D eigenvalue weighted by Crippen LogP contribution is 2.21. The predicted octanol–water partition coefficient (Wildman–Crippen LogP) is 3.77. The molecule has 104 valence electrons. The van der Waals surface area contributed by atoms with Gasteiger partial charge in [0.05, 0.1) is 16.4 Å². The Labute approximate surface area is 123 Å². The summed E-state index contributed by atoms with van der Waals surface area (Å²) in [5, 5.41) is 9.96. The molecule has 1 atom stereocenters. The molecular formula is C13H23BrClN3. The van der Waals surface area contributed by atoms with E-state index >= 15 is 0 Å². The molecule has 0 radical (unpaired) electrons. The van der Waals surface area contributed by atoms with E-state index in [1.807, 2.05) is 4.68 Å². The van der Waals surface area contributed by atoms with Crippen molar-refractivity contribution in [3.8, 4) is 0 Å². The summed E-state index contributed by atoms with van der Waals surface area (Å²) < 4.78 is 2.01. The van der Waals surface area contributed by atoms with Gasteiger partial charge in [-0.3, -0.25) is 4.68 Å². The summed E-state index contributed by atoms with van der Waals surface area (Å²) in [6, 6.07) is 0.533. The maximum Gasteiger partial charge on any atom is 0.0863 e. The van der Waals surface area contributed by atoms with Gasteiger partial charge >= 0.3 is 0 Å². The van der Waals surface area contributed by atoms with Crippen LogP contribution in [0.2, 0.25) is 5.02 Å². The van der Waals surface area contributed by atoms with Crippen molar-refractivity contribution in [1.29, 1.82) is 0 Å². The quantitative estimate of drug-likeness (QED) is 0.732. The largest absolute Gasteiger partial charge is 0.308 e. The normalized spacial score (nSPS) is 12.9. The third-order valence-corrected chi connectivity index (χ3v) is 4.10. The maximum absolute atomic E-state index is 6.38. The fourth-order valence-electron chi connectivity index (χ4n) is 2.01. The van der Waals surface area contributed by atoms with E-state index in [2.05, 4.69) is 47.1 Å². The first-order valence-electron chi connectivity index (χ1n) is 6.71. The highest BCUT2D eigenvalue weighted by Gasteiger charge is 2.15. The highest BCUT2D eigenvalue weighted by molar-refractivity contribution is 9.09. The number of rotatable bonds is 8. The van der Waals surface area contributed by atoms with Crippen molar-refractivity contribution in [1.82, 2.24) is 15.1 Å². The van der Waals surface area contributed by atoms with Crippen LogP contribution in [0.3, 0.4) is 0 Å². The van der Waals surface area contributed by atoms with Crippen LogP contribution in [0.4, 0.5) is 0 Å². The molecule has 0 bridgehead atoms. The number of hydrogen-bond donors (Lipinski definition) is 1. The lowest BCUT2D eigenvalue weighted by molar-refractivity contribution is 0.470. The molecule has 0 fully saturated rings. The third kappa shape index (κ3) is 3.97. The van der Waals surface area contributed by atoms with Crippen LogP contribution in [0.15, 0.2) is 0 Å². The van der Waals surface area contributed by atoms with Gasteiger partial charge in [0.25, 0.3) is 0 Å². The summed E-state index contributed by atoms with van der Waals surface area (Å²) in [5.74, 6) is 0. The molecule has 1 rings (SSSR count). The minimum atomic E-state index is 0.533. The number of aryl methyl sites for hydroxylation is 2. The number of alkyl halides is 1. The first-order valence-corrected chi connectivity index (χ1v) is 8.21. The molecule has 1 aromatic rings. The molecule has 5 heteroatoms. The Morgan fingerprint density at radius 1 is 1.39 bits per heavy atom. The van der Waals surface area contributed by atoms with Gasteiger partial charge in [0, 0.05) is 24.5 Å². The first-order chi connectivity index (χ1) is 8.67. The summed E-state index contributed by atoms with van der Waals surface area (Å²) in [4.78, 5) is 0. The SMILES string of the molecule is CCc1nn(CC)c(CNC(CC)CCBr)c1Cl. The van der Waals surface area contributed by atoms with Gasteiger partial charge in [-0.1, -0.05) is 41.4 Å². The highest BCUT2D eigenvalue weighted by atomic mass is 79.9. The molecular weight excluding hydrogens is 314 g/mol. The zero-order valence-electron chi connectivity index (χ0n) is 11.5. The second kappa shape index (κ2) is 8.18. The van der Waals surface area contributed by atoms with E-state index in [1.54, 1.807) is 0 Å². The molecule has 1 aromatic heterocycles. The van der Waals surface area contributed by atoms with Crippen molar-refractivity contribution in [2.45, 2.75) is 59.2 Å². The van der Waals surface area contributed by atoms with Crippen molar-refractivity contribution in [3.63, 3.8) is 0 Å². The smallest absolute Gasteiger partial charge is 0.0863 e. The van der Waals surface area contributed by atoms with Gasteiger partial charge in [-0.25, -0.2) is 0 Å². The van der Waals surface area contributed by atoms with Crippen LogP contribution in [0, 0.1) is 0 Å². The molecule has 0 saturated heterocycles. The van der Waals surface area contributed by atoms with Crippen molar-refractivity contribution >= 4 is 27.5 Å². The van der Waals surface area contributed by atoms with Crippen molar-refractivity contribution in [2.75, 3.05) is 5.33 Å². The maximum atomic E-state index is 6.38. The van der Waals surface area contributed by atoms with Gasteiger partial charge in [0.2, 0.25) is 0 Å². The summed E-state index contributed by atoms with van der Waals surface area (Å²) in [7, 11) is 0. The number of aromatic nitrogens is 2. The predicted molar refractivity (Wildman–Crippen MR) is 81.6 cm³/mol. The van der Waals surface area contributed by atoms with E-state index in [1.165, 1.54) is 0 Å². The molecule has 0 spiro atoms. The Bertz CT molecular complexity index is 365. The van der Waals surface area contributed by atoms with Crippen molar-refractivity contribution in [2.24, 2.45) is 0 Å². The molecule has 1 unspecified atom stereocenters. The third-order valence-electron chi connectivity index (χ3n) is 3.20. The van der Waals surface area contributed by atoms with Crippen LogP contribution in [-0.2, 0) is 19.5 Å². The van der Waals surface area contributed by atoms with E-state index in [4.69, 9.17) is 11.6 Å². The second-order valence-electron chi connectivity index (χ2n) is 4.34. The van der Waals surface area contributed by atoms with E-state index in [9.17, 15) is 0 Å². The lowest BCUT2D eigenvalue weighted by Crippen LogP contribution is -2.29. The average Bonchev–Trinajstić information content (AvgIpc) is 2.70. The fourth-order valence-corrected chi connectivity index (χ4v) is 2.90. The lowest BCUT2D eigenvalue weighted by atomic mass is 10.1. The Morgan fingerprint density at radius 3 is 2.61 bits per heavy atom. The molecule has 18 heavy (non-hydrogen) atoms. The number of nitrogens with zero attached hydrogens (tertiary/aromatic N) is 2. The Morgan fingerprint density at radius 2 is 2.11 bits per heavy atom. The van der Waals surface area contributed by atoms with Crippen LogP contribution >= 0.6 is 27.5 Å². The van der Waals surface area contributed by atoms with Gasteiger partial charge in [-0.2, -0.15) is 5.10 Å². The number of hydrogen-bond acceptors (Lipinski definition) is 2. The van der Waals surface area contributed by atoms with Crippen LogP contribution in [0.5, 0.6) is 0 Å². The van der Waals surface area contributed by atoms with E-state index < -0.39 is 0 Å². The molecule has 0 amide bonds. The first kappa shape index (κ1) is 16.0. The van der Waals surface area contributed by atoms with E-state index in [0.717, 1.165) is 54.1 Å². The summed E-state index contributed by atoms with van der Waals surface area (Å²) >= 11 is 9.87. The molecule has 0 aliphatic carbocycles. The van der Waals surface area contributed by atoms with Crippen LogP contribution in [0.25, 0.3) is 0 Å². The van der Waals surface area contributed by atoms with Crippen LogP contribution < -0.4 is 5.32 Å². The fraction of sp³-hybridized carbons (Fsp3) is 0.769. The van der Waals surface area contributed by atoms with Crippen LogP contribution in [0.1, 0.15) is 45.0 Å². The molecule has 1 N–H and O–H groups in total. The van der Waals surface area contributed by atoms with Crippen molar-refractivity contribution in [3.05, 3.63) is 16.4 Å². The summed E-state index contributed by atoms with van der Waals surface area (Å²) in [5.41, 5.74) is 2.12. The number of halogens is 2. The minimum absolute atomic E-state index is 0.533. The Hall–Kier alpha value is -0.0600. The molecule has 3 nitrogen and oxygen atoms in total. The van der Waals surface area contributed by atoms with Gasteiger partial charge < -0.3 is 5.32 Å². The standard InChI is InChI=1S/C13H23BrClN3/c1-4-10(7-8-14)16-9-12-13(15)11(5-2)17-18(12)6-3/h10,16H,4-9H2,1-3H3. The van der Waals surface area contributed by atoms with E-state index in [0.29, 0.717) is 6.04 Å². The minimum Gasteiger partial charge on any atom is -0.308 e. The second-order valence-corrected chi connectivity index (χ2v) is 5.51. The number of nitrogens with one attached hydrogen (secondary N) is 1. The zero-order valence-corrected chi connectivity index (χ0v) is 13.8. The van der Waals surface area contributed by atoms with E-state index in [-0.39, 0.29) is 0 Å². The van der Waals surface area contributed by atoms with Gasteiger partial charge in [0.15, 0.2) is 0 Å². The summed E-state index contributed by atoms with van der Waals surface area (Å²) in [6.07, 6.45) is 3.15. The van der Waals surface area contributed by atoms with Crippen LogP contribution in [-0.4, -0.2) is 21.2 Å². The van der Waals surface area contributed by atoms with Gasteiger partial charge in [-0.05, 0) is 26.2 Å². The molecule has 0 aromatic carbocycles. The van der Waals surface area contributed by atoms with Gasteiger partial charge in [0.1, 0.15) is 0 Å². The lowest BCUT2D eigenvalue weighted by Gasteiger charge is -2.16. The monoisotopic (exact) mass is 335 g/mol.